The lowest BCUT2D eigenvalue weighted by Crippen LogP contribution is -2.01. The maximum absolute atomic E-state index is 5.97. The van der Waals surface area contributed by atoms with Gasteiger partial charge in [-0.3, -0.25) is 0 Å². The number of hydrogen-bond acceptors (Lipinski definition) is 3. The van der Waals surface area contributed by atoms with E-state index in [-0.39, 0.29) is 0 Å². The summed E-state index contributed by atoms with van der Waals surface area (Å²) in [7, 11) is 3.69. The highest BCUT2D eigenvalue weighted by Crippen LogP contribution is 2.29. The van der Waals surface area contributed by atoms with Crippen LogP contribution in [0.15, 0.2) is 39.9 Å². The Bertz CT molecular complexity index is 576. The van der Waals surface area contributed by atoms with E-state index >= 15 is 0 Å². The summed E-state index contributed by atoms with van der Waals surface area (Å²) >= 11 is 11.8. The Morgan fingerprint density at radius 2 is 1.89 bits per heavy atom. The smallest absolute Gasteiger partial charge is 0.147 e. The topological polar surface area (TPSA) is 28.7 Å². The van der Waals surface area contributed by atoms with Crippen molar-refractivity contribution in [2.24, 2.45) is 5.10 Å². The minimum absolute atomic E-state index is 0.508. The van der Waals surface area contributed by atoms with Crippen LogP contribution in [0.5, 0.6) is 0 Å². The first kappa shape index (κ1) is 13.0. The highest BCUT2D eigenvalue weighted by Gasteiger charge is 2.06. The molecule has 0 N–H and O–H groups in total. The quantitative estimate of drug-likeness (QED) is 0.625. The van der Waals surface area contributed by atoms with Gasteiger partial charge in [-0.1, -0.05) is 23.2 Å². The second-order valence-corrected chi connectivity index (χ2v) is 4.74. The molecule has 0 bridgehead atoms. The van der Waals surface area contributed by atoms with E-state index in [4.69, 9.17) is 27.6 Å². The molecular formula is C13H12Cl2N2O. The molecule has 0 aliphatic rings. The lowest BCUT2D eigenvalue weighted by Gasteiger charge is -2.01. The SMILES string of the molecule is CN(C)/N=C/c1ccc(-c2ccc(Cl)c(Cl)c2)o1. The average molecular weight is 283 g/mol. The molecule has 0 unspecified atom stereocenters. The number of hydrogen-bond donors (Lipinski definition) is 0. The van der Waals surface area contributed by atoms with Gasteiger partial charge in [-0.05, 0) is 30.3 Å². The van der Waals surface area contributed by atoms with Gasteiger partial charge in [0.05, 0.1) is 16.3 Å². The molecule has 1 heterocycles. The largest absolute Gasteiger partial charge is 0.455 e. The molecule has 1 aromatic carbocycles. The van der Waals surface area contributed by atoms with Crippen molar-refractivity contribution in [3.05, 3.63) is 46.1 Å². The third-order valence-electron chi connectivity index (χ3n) is 2.25. The minimum atomic E-state index is 0.508. The van der Waals surface area contributed by atoms with Crippen LogP contribution in [0, 0.1) is 0 Å². The molecule has 0 radical (unpaired) electrons. The fourth-order valence-electron chi connectivity index (χ4n) is 1.40. The highest BCUT2D eigenvalue weighted by atomic mass is 35.5. The molecule has 94 valence electrons. The molecule has 0 saturated heterocycles. The third-order valence-corrected chi connectivity index (χ3v) is 2.99. The van der Waals surface area contributed by atoms with Crippen molar-refractivity contribution < 1.29 is 4.42 Å². The molecule has 2 aromatic rings. The lowest BCUT2D eigenvalue weighted by molar-refractivity contribution is 0.438. The second kappa shape index (κ2) is 5.46. The average Bonchev–Trinajstić information content (AvgIpc) is 2.79. The van der Waals surface area contributed by atoms with Crippen LogP contribution < -0.4 is 0 Å². The van der Waals surface area contributed by atoms with E-state index in [9.17, 15) is 0 Å². The summed E-state index contributed by atoms with van der Waals surface area (Å²) in [5.41, 5.74) is 0.883. The zero-order valence-corrected chi connectivity index (χ0v) is 11.5. The van der Waals surface area contributed by atoms with Crippen molar-refractivity contribution in [3.63, 3.8) is 0 Å². The molecule has 0 aliphatic heterocycles. The Labute approximate surface area is 116 Å². The second-order valence-electron chi connectivity index (χ2n) is 3.92. The Morgan fingerprint density at radius 3 is 2.56 bits per heavy atom. The van der Waals surface area contributed by atoms with Crippen LogP contribution in [-0.2, 0) is 0 Å². The molecule has 0 fully saturated rings. The summed E-state index contributed by atoms with van der Waals surface area (Å²) < 4.78 is 5.64. The first-order chi connectivity index (χ1) is 8.56. The maximum atomic E-state index is 5.97. The molecule has 1 aromatic heterocycles. The van der Waals surface area contributed by atoms with Crippen LogP contribution in [-0.4, -0.2) is 25.3 Å². The Kier molecular flexibility index (Phi) is 3.94. The molecule has 5 heteroatoms. The van der Waals surface area contributed by atoms with Gasteiger partial charge in [0.2, 0.25) is 0 Å². The zero-order chi connectivity index (χ0) is 13.1. The predicted molar refractivity (Wildman–Crippen MR) is 75.4 cm³/mol. The molecule has 3 nitrogen and oxygen atoms in total. The third kappa shape index (κ3) is 3.06. The summed E-state index contributed by atoms with van der Waals surface area (Å²) in [5, 5.41) is 6.83. The summed E-state index contributed by atoms with van der Waals surface area (Å²) in [6, 6.07) is 9.10. The number of furan rings is 1. The van der Waals surface area contributed by atoms with E-state index in [1.807, 2.05) is 32.3 Å². The van der Waals surface area contributed by atoms with E-state index in [0.717, 1.165) is 11.3 Å². The molecule has 0 aliphatic carbocycles. The van der Waals surface area contributed by atoms with Crippen molar-refractivity contribution >= 4 is 29.4 Å². The van der Waals surface area contributed by atoms with Gasteiger partial charge in [-0.25, -0.2) is 0 Å². The maximum Gasteiger partial charge on any atom is 0.147 e. The van der Waals surface area contributed by atoms with E-state index in [1.54, 1.807) is 23.4 Å². The molecule has 2 rings (SSSR count). The van der Waals surface area contributed by atoms with Crippen molar-refractivity contribution in [2.45, 2.75) is 0 Å². The van der Waals surface area contributed by atoms with Crippen molar-refractivity contribution in [1.29, 1.82) is 0 Å². The molecule has 0 atom stereocenters. The van der Waals surface area contributed by atoms with Gasteiger partial charge in [0.25, 0.3) is 0 Å². The lowest BCUT2D eigenvalue weighted by atomic mass is 10.2. The van der Waals surface area contributed by atoms with Crippen molar-refractivity contribution in [1.82, 2.24) is 5.01 Å². The summed E-state index contributed by atoms with van der Waals surface area (Å²) in [6.45, 7) is 0. The van der Waals surface area contributed by atoms with Crippen LogP contribution in [0.4, 0.5) is 0 Å². The monoisotopic (exact) mass is 282 g/mol. The number of benzene rings is 1. The first-order valence-corrected chi connectivity index (χ1v) is 6.08. The van der Waals surface area contributed by atoms with Gasteiger partial charge in [-0.15, -0.1) is 0 Å². The van der Waals surface area contributed by atoms with Crippen LogP contribution in [0.25, 0.3) is 11.3 Å². The summed E-state index contributed by atoms with van der Waals surface area (Å²) in [4.78, 5) is 0. The van der Waals surface area contributed by atoms with Crippen LogP contribution >= 0.6 is 23.2 Å². The predicted octanol–water partition coefficient (Wildman–Crippen LogP) is 4.15. The van der Waals surface area contributed by atoms with Gasteiger partial charge in [0.1, 0.15) is 11.5 Å². The zero-order valence-electron chi connectivity index (χ0n) is 10.0. The van der Waals surface area contributed by atoms with Gasteiger partial charge in [-0.2, -0.15) is 5.10 Å². The number of nitrogens with zero attached hydrogens (tertiary/aromatic N) is 2. The van der Waals surface area contributed by atoms with Crippen LogP contribution in [0.2, 0.25) is 10.0 Å². The van der Waals surface area contributed by atoms with E-state index in [1.165, 1.54) is 0 Å². The standard InChI is InChI=1S/C13H12Cl2N2O/c1-17(2)16-8-10-4-6-13(18-10)9-3-5-11(14)12(15)7-9/h3-8H,1-2H3/b16-8+. The normalized spacial score (nSPS) is 11.1. The van der Waals surface area contributed by atoms with Crippen molar-refractivity contribution in [2.75, 3.05) is 14.1 Å². The van der Waals surface area contributed by atoms with Gasteiger partial charge in [0, 0.05) is 19.7 Å². The van der Waals surface area contributed by atoms with Crippen molar-refractivity contribution in [3.8, 4) is 11.3 Å². The number of rotatable bonds is 3. The fraction of sp³-hybridized carbons (Fsp3) is 0.154. The van der Waals surface area contributed by atoms with E-state index in [2.05, 4.69) is 5.10 Å². The Balaban J connectivity index is 2.26. The van der Waals surface area contributed by atoms with Crippen LogP contribution in [0.1, 0.15) is 5.76 Å². The molecule has 0 saturated carbocycles. The highest BCUT2D eigenvalue weighted by molar-refractivity contribution is 6.42. The van der Waals surface area contributed by atoms with Crippen LogP contribution in [0.3, 0.4) is 0 Å². The Morgan fingerprint density at radius 1 is 1.11 bits per heavy atom. The van der Waals surface area contributed by atoms with E-state index in [0.29, 0.717) is 15.8 Å². The van der Waals surface area contributed by atoms with Gasteiger partial charge < -0.3 is 9.43 Å². The summed E-state index contributed by atoms with van der Waals surface area (Å²) in [6.07, 6.45) is 1.65. The summed E-state index contributed by atoms with van der Waals surface area (Å²) in [5.74, 6) is 1.42. The van der Waals surface area contributed by atoms with Gasteiger partial charge in [0.15, 0.2) is 0 Å². The molecule has 0 amide bonds. The first-order valence-electron chi connectivity index (χ1n) is 5.33. The molecule has 0 spiro atoms. The molecular weight excluding hydrogens is 271 g/mol. The molecule has 18 heavy (non-hydrogen) atoms. The van der Waals surface area contributed by atoms with E-state index < -0.39 is 0 Å². The Hall–Kier alpha value is -1.45. The fourth-order valence-corrected chi connectivity index (χ4v) is 1.70. The minimum Gasteiger partial charge on any atom is -0.455 e. The number of halogens is 2. The number of hydrazone groups is 1. The van der Waals surface area contributed by atoms with Gasteiger partial charge >= 0.3 is 0 Å².